The lowest BCUT2D eigenvalue weighted by Crippen LogP contribution is -1.93. The predicted octanol–water partition coefficient (Wildman–Crippen LogP) is 13.0. The summed E-state index contributed by atoms with van der Waals surface area (Å²) in [5, 5.41) is 7.42. The average Bonchev–Trinajstić information content (AvgIpc) is 3.48. The lowest BCUT2D eigenvalue weighted by molar-refractivity contribution is 0.669. The molecule has 0 bridgehead atoms. The quantitative estimate of drug-likeness (QED) is 0.200. The Morgan fingerprint density at radius 2 is 0.957 bits per heavy atom. The van der Waals surface area contributed by atoms with Crippen LogP contribution in [0.2, 0.25) is 0 Å². The van der Waals surface area contributed by atoms with Gasteiger partial charge in [0.15, 0.2) is 0 Å². The molecule has 46 heavy (non-hydrogen) atoms. The van der Waals surface area contributed by atoms with Gasteiger partial charge in [0.25, 0.3) is 0 Å². The van der Waals surface area contributed by atoms with Crippen LogP contribution in [-0.2, 0) is 0 Å². The van der Waals surface area contributed by atoms with Gasteiger partial charge in [-0.3, -0.25) is 0 Å². The Balaban J connectivity index is 0.982. The molecule has 0 aliphatic carbocycles. The average molecular weight is 603 g/mol. The Kier molecular flexibility index (Phi) is 5.58. The highest BCUT2D eigenvalue weighted by molar-refractivity contribution is 7.99. The third-order valence-corrected chi connectivity index (χ3v) is 10.6. The van der Waals surface area contributed by atoms with Crippen LogP contribution in [0.15, 0.2) is 172 Å². The first kappa shape index (κ1) is 25.7. The van der Waals surface area contributed by atoms with Crippen LogP contribution in [0.4, 0.5) is 0 Å². The number of hydrogen-bond donors (Lipinski definition) is 0. The van der Waals surface area contributed by atoms with Crippen molar-refractivity contribution >= 4 is 55.2 Å². The maximum atomic E-state index is 6.32. The summed E-state index contributed by atoms with van der Waals surface area (Å²) in [6.45, 7) is 0. The molecule has 0 atom stereocenters. The number of rotatable bonds is 3. The summed E-state index contributed by atoms with van der Waals surface area (Å²) in [6.07, 6.45) is 0. The van der Waals surface area contributed by atoms with Gasteiger partial charge in [0.2, 0.25) is 0 Å². The number of fused-ring (bicyclic) bond motifs is 6. The molecule has 1 nitrogen and oxygen atoms in total. The molecule has 214 valence electrons. The Morgan fingerprint density at radius 1 is 0.348 bits per heavy atom. The highest BCUT2D eigenvalue weighted by Gasteiger charge is 2.19. The Labute approximate surface area is 270 Å². The molecule has 1 aromatic heterocycles. The van der Waals surface area contributed by atoms with Gasteiger partial charge in [0.1, 0.15) is 11.2 Å². The predicted molar refractivity (Wildman–Crippen MR) is 195 cm³/mol. The van der Waals surface area contributed by atoms with Crippen molar-refractivity contribution < 1.29 is 4.42 Å². The fraction of sp³-hybridized carbons (Fsp3) is 0. The van der Waals surface area contributed by atoms with E-state index in [0.717, 1.165) is 16.6 Å². The van der Waals surface area contributed by atoms with E-state index in [4.69, 9.17) is 4.42 Å². The second-order valence-corrected chi connectivity index (χ2v) is 13.2. The topological polar surface area (TPSA) is 13.1 Å². The van der Waals surface area contributed by atoms with Gasteiger partial charge in [-0.05, 0) is 97.1 Å². The fourth-order valence-electron chi connectivity index (χ4n) is 7.19. The molecular formula is C44H26OS. The van der Waals surface area contributed by atoms with E-state index in [1.807, 2.05) is 11.8 Å². The molecule has 0 spiro atoms. The second-order valence-electron chi connectivity index (χ2n) is 12.1. The third-order valence-electron chi connectivity index (χ3n) is 9.47. The van der Waals surface area contributed by atoms with E-state index in [9.17, 15) is 0 Å². The summed E-state index contributed by atoms with van der Waals surface area (Å²) < 4.78 is 6.32. The largest absolute Gasteiger partial charge is 0.456 e. The molecule has 0 radical (unpaired) electrons. The summed E-state index contributed by atoms with van der Waals surface area (Å²) in [5.41, 5.74) is 11.8. The minimum atomic E-state index is 0.920. The van der Waals surface area contributed by atoms with E-state index >= 15 is 0 Å². The molecule has 0 saturated carbocycles. The first-order valence-electron chi connectivity index (χ1n) is 15.7. The maximum Gasteiger partial charge on any atom is 0.136 e. The Bertz CT molecular complexity index is 2640. The number of furan rings is 1. The third kappa shape index (κ3) is 3.97. The van der Waals surface area contributed by atoms with Crippen LogP contribution in [0.3, 0.4) is 0 Å². The van der Waals surface area contributed by atoms with Gasteiger partial charge >= 0.3 is 0 Å². The summed E-state index contributed by atoms with van der Waals surface area (Å²) in [6, 6.07) is 57.3. The molecule has 1 aliphatic heterocycles. The molecule has 8 aromatic carbocycles. The minimum absolute atomic E-state index is 0.920. The van der Waals surface area contributed by atoms with Crippen molar-refractivity contribution in [3.05, 3.63) is 158 Å². The van der Waals surface area contributed by atoms with E-state index in [2.05, 4.69) is 158 Å². The van der Waals surface area contributed by atoms with Crippen LogP contribution in [0.1, 0.15) is 0 Å². The van der Waals surface area contributed by atoms with Crippen molar-refractivity contribution in [1.82, 2.24) is 0 Å². The Hall–Kier alpha value is -5.57. The van der Waals surface area contributed by atoms with Crippen molar-refractivity contribution in [2.24, 2.45) is 0 Å². The van der Waals surface area contributed by atoms with Crippen LogP contribution in [0, 0.1) is 0 Å². The smallest absolute Gasteiger partial charge is 0.136 e. The minimum Gasteiger partial charge on any atom is -0.456 e. The molecular weight excluding hydrogens is 577 g/mol. The van der Waals surface area contributed by atoms with Crippen LogP contribution in [-0.4, -0.2) is 0 Å². The molecule has 1 aliphatic rings. The van der Waals surface area contributed by atoms with Gasteiger partial charge in [-0.15, -0.1) is 0 Å². The molecule has 0 saturated heterocycles. The van der Waals surface area contributed by atoms with E-state index in [0.29, 0.717) is 0 Å². The number of hydrogen-bond acceptors (Lipinski definition) is 2. The standard InChI is InChI=1S/C44H26OS/c1-2-7-33-26-40-38(25-32(33)6-1)44-35(10-5-12-39(44)45-40)30-20-18-28(19-21-30)27-14-16-29(17-15-27)34-22-23-41-37(24-34)36-11-3-8-31-9-4-13-42(46-41)43(31)36/h1-26H. The van der Waals surface area contributed by atoms with Crippen molar-refractivity contribution in [2.45, 2.75) is 9.79 Å². The van der Waals surface area contributed by atoms with E-state index in [-0.39, 0.29) is 0 Å². The first-order valence-corrected chi connectivity index (χ1v) is 16.5. The maximum absolute atomic E-state index is 6.32. The zero-order valence-electron chi connectivity index (χ0n) is 24.8. The number of benzene rings is 8. The summed E-state index contributed by atoms with van der Waals surface area (Å²) in [4.78, 5) is 2.66. The summed E-state index contributed by atoms with van der Waals surface area (Å²) >= 11 is 1.87. The van der Waals surface area contributed by atoms with Crippen LogP contribution in [0.5, 0.6) is 0 Å². The van der Waals surface area contributed by atoms with Crippen molar-refractivity contribution in [3.8, 4) is 44.5 Å². The van der Waals surface area contributed by atoms with Gasteiger partial charge in [-0.2, -0.15) is 0 Å². The van der Waals surface area contributed by atoms with E-state index in [1.54, 1.807) is 0 Å². The van der Waals surface area contributed by atoms with Gasteiger partial charge < -0.3 is 4.42 Å². The van der Waals surface area contributed by atoms with Crippen LogP contribution < -0.4 is 0 Å². The fourth-order valence-corrected chi connectivity index (χ4v) is 8.32. The second kappa shape index (κ2) is 9.97. The highest BCUT2D eigenvalue weighted by Crippen LogP contribution is 2.48. The lowest BCUT2D eigenvalue weighted by atomic mass is 9.93. The van der Waals surface area contributed by atoms with Gasteiger partial charge in [-0.25, -0.2) is 0 Å². The first-order chi connectivity index (χ1) is 22.8. The van der Waals surface area contributed by atoms with Gasteiger partial charge in [0.05, 0.1) is 0 Å². The van der Waals surface area contributed by atoms with Crippen molar-refractivity contribution in [3.63, 3.8) is 0 Å². The monoisotopic (exact) mass is 602 g/mol. The SMILES string of the molecule is c1ccc2cc3c(cc2c1)oc1cccc(-c2ccc(-c4ccc(-c5ccc6c(c5)-c5cccc7cccc(c57)S6)cc4)cc2)c13. The van der Waals surface area contributed by atoms with Crippen LogP contribution >= 0.6 is 11.8 Å². The van der Waals surface area contributed by atoms with Crippen molar-refractivity contribution in [1.29, 1.82) is 0 Å². The lowest BCUT2D eigenvalue weighted by Gasteiger charge is -2.21. The summed E-state index contributed by atoms with van der Waals surface area (Å²) in [7, 11) is 0. The molecule has 0 amide bonds. The molecule has 0 N–H and O–H groups in total. The summed E-state index contributed by atoms with van der Waals surface area (Å²) in [5.74, 6) is 0. The van der Waals surface area contributed by atoms with E-state index in [1.165, 1.54) is 81.2 Å². The van der Waals surface area contributed by atoms with Crippen LogP contribution in [0.25, 0.3) is 88.0 Å². The van der Waals surface area contributed by atoms with Gasteiger partial charge in [-0.1, -0.05) is 133 Å². The van der Waals surface area contributed by atoms with Crippen molar-refractivity contribution in [2.75, 3.05) is 0 Å². The van der Waals surface area contributed by atoms with E-state index < -0.39 is 0 Å². The zero-order chi connectivity index (χ0) is 30.2. The zero-order valence-corrected chi connectivity index (χ0v) is 25.6. The Morgan fingerprint density at radius 3 is 1.74 bits per heavy atom. The molecule has 2 heterocycles. The molecule has 0 fully saturated rings. The molecule has 9 aromatic rings. The molecule has 0 unspecified atom stereocenters. The highest BCUT2D eigenvalue weighted by atomic mass is 32.2. The normalized spacial score (nSPS) is 12.3. The molecule has 2 heteroatoms. The molecule has 10 rings (SSSR count). The van der Waals surface area contributed by atoms with Gasteiger partial charge in [0, 0.05) is 25.9 Å².